The summed E-state index contributed by atoms with van der Waals surface area (Å²) in [5.74, 6) is -0.203. The SMILES string of the molecule is O=C1C=C(c2ccccc2Br)CC(c2cc(F)ccc2Br)C1. The highest BCUT2D eigenvalue weighted by molar-refractivity contribution is 9.10. The second kappa shape index (κ2) is 6.47. The molecule has 0 fully saturated rings. The minimum Gasteiger partial charge on any atom is -0.295 e. The number of ketones is 1. The molecule has 4 heteroatoms. The van der Waals surface area contributed by atoms with Gasteiger partial charge in [-0.2, -0.15) is 0 Å². The molecule has 0 heterocycles. The van der Waals surface area contributed by atoms with E-state index in [9.17, 15) is 9.18 Å². The molecule has 112 valence electrons. The maximum atomic E-state index is 13.6. The van der Waals surface area contributed by atoms with Gasteiger partial charge in [0, 0.05) is 15.4 Å². The van der Waals surface area contributed by atoms with Crippen molar-refractivity contribution in [2.75, 3.05) is 0 Å². The number of carbonyl (C=O) groups excluding carboxylic acids is 1. The maximum Gasteiger partial charge on any atom is 0.156 e. The lowest BCUT2D eigenvalue weighted by Gasteiger charge is -2.24. The van der Waals surface area contributed by atoms with Gasteiger partial charge in [-0.05, 0) is 59.4 Å². The summed E-state index contributed by atoms with van der Waals surface area (Å²) in [5.41, 5.74) is 2.86. The van der Waals surface area contributed by atoms with Crippen molar-refractivity contribution >= 4 is 43.2 Å². The Labute approximate surface area is 145 Å². The predicted octanol–water partition coefficient (Wildman–Crippen LogP) is 5.88. The highest BCUT2D eigenvalue weighted by Gasteiger charge is 2.25. The zero-order chi connectivity index (χ0) is 15.7. The summed E-state index contributed by atoms with van der Waals surface area (Å²) < 4.78 is 15.4. The molecule has 1 atom stereocenters. The van der Waals surface area contributed by atoms with Crippen LogP contribution in [0, 0.1) is 5.82 Å². The Kier molecular flexibility index (Phi) is 4.59. The van der Waals surface area contributed by atoms with Gasteiger partial charge in [-0.1, -0.05) is 50.1 Å². The van der Waals surface area contributed by atoms with Crippen molar-refractivity contribution in [1.29, 1.82) is 0 Å². The van der Waals surface area contributed by atoms with E-state index in [4.69, 9.17) is 0 Å². The Morgan fingerprint density at radius 2 is 1.77 bits per heavy atom. The second-order valence-corrected chi connectivity index (χ2v) is 7.10. The fourth-order valence-electron chi connectivity index (χ4n) is 2.85. The fraction of sp³-hybridized carbons (Fsp3) is 0.167. The van der Waals surface area contributed by atoms with Crippen LogP contribution in [0.4, 0.5) is 4.39 Å². The molecule has 1 aliphatic rings. The average molecular weight is 424 g/mol. The zero-order valence-electron chi connectivity index (χ0n) is 11.7. The van der Waals surface area contributed by atoms with Gasteiger partial charge in [-0.3, -0.25) is 4.79 Å². The van der Waals surface area contributed by atoms with Crippen LogP contribution < -0.4 is 0 Å². The van der Waals surface area contributed by atoms with Crippen molar-refractivity contribution in [2.24, 2.45) is 0 Å². The summed E-state index contributed by atoms with van der Waals surface area (Å²) in [6.45, 7) is 0. The molecule has 0 bridgehead atoms. The molecular formula is C18H13Br2FO. The summed E-state index contributed by atoms with van der Waals surface area (Å²) in [6, 6.07) is 12.5. The number of benzene rings is 2. The molecule has 1 unspecified atom stereocenters. The van der Waals surface area contributed by atoms with E-state index in [1.165, 1.54) is 12.1 Å². The summed E-state index contributed by atoms with van der Waals surface area (Å²) in [6.07, 6.45) is 2.84. The molecule has 0 radical (unpaired) electrons. The normalized spacial score (nSPS) is 18.2. The van der Waals surface area contributed by atoms with Crippen LogP contribution in [-0.4, -0.2) is 5.78 Å². The van der Waals surface area contributed by atoms with E-state index in [-0.39, 0.29) is 17.5 Å². The molecule has 1 nitrogen and oxygen atoms in total. The second-order valence-electron chi connectivity index (χ2n) is 5.39. The Morgan fingerprint density at radius 3 is 2.55 bits per heavy atom. The predicted molar refractivity (Wildman–Crippen MR) is 93.2 cm³/mol. The van der Waals surface area contributed by atoms with Crippen LogP contribution in [0.25, 0.3) is 5.57 Å². The zero-order valence-corrected chi connectivity index (χ0v) is 14.8. The van der Waals surface area contributed by atoms with Gasteiger partial charge in [0.2, 0.25) is 0 Å². The van der Waals surface area contributed by atoms with Gasteiger partial charge < -0.3 is 0 Å². The third kappa shape index (κ3) is 3.23. The van der Waals surface area contributed by atoms with E-state index in [0.717, 1.165) is 32.1 Å². The third-order valence-corrected chi connectivity index (χ3v) is 5.28. The number of hydrogen-bond donors (Lipinski definition) is 0. The summed E-state index contributed by atoms with van der Waals surface area (Å²) in [4.78, 5) is 12.1. The number of rotatable bonds is 2. The standard InChI is InChI=1S/C18H13Br2FO/c19-17-4-2-1-3-15(17)11-7-12(9-14(22)8-11)16-10-13(21)5-6-18(16)20/h1-6,8,10,12H,7,9H2. The molecule has 0 amide bonds. The minimum atomic E-state index is -0.275. The van der Waals surface area contributed by atoms with Gasteiger partial charge in [0.25, 0.3) is 0 Å². The quantitative estimate of drug-likeness (QED) is 0.589. The van der Waals surface area contributed by atoms with Crippen molar-refractivity contribution in [3.8, 4) is 0 Å². The van der Waals surface area contributed by atoms with Crippen LogP contribution in [0.3, 0.4) is 0 Å². The van der Waals surface area contributed by atoms with Gasteiger partial charge in [-0.25, -0.2) is 4.39 Å². The van der Waals surface area contributed by atoms with E-state index < -0.39 is 0 Å². The fourth-order valence-corrected chi connectivity index (χ4v) is 3.96. The Balaban J connectivity index is 1.98. The van der Waals surface area contributed by atoms with Gasteiger partial charge >= 0.3 is 0 Å². The number of halogens is 3. The van der Waals surface area contributed by atoms with Crippen LogP contribution >= 0.6 is 31.9 Å². The van der Waals surface area contributed by atoms with Crippen molar-refractivity contribution < 1.29 is 9.18 Å². The van der Waals surface area contributed by atoms with E-state index >= 15 is 0 Å². The van der Waals surface area contributed by atoms with Gasteiger partial charge in [-0.15, -0.1) is 0 Å². The first kappa shape index (κ1) is 15.6. The lowest BCUT2D eigenvalue weighted by molar-refractivity contribution is -0.115. The minimum absolute atomic E-state index is 0.00955. The van der Waals surface area contributed by atoms with Crippen LogP contribution in [0.2, 0.25) is 0 Å². The lowest BCUT2D eigenvalue weighted by Crippen LogP contribution is -2.13. The smallest absolute Gasteiger partial charge is 0.156 e. The van der Waals surface area contributed by atoms with Crippen molar-refractivity contribution in [3.05, 3.63) is 74.4 Å². The van der Waals surface area contributed by atoms with Crippen molar-refractivity contribution in [2.45, 2.75) is 18.8 Å². The van der Waals surface area contributed by atoms with E-state index in [1.807, 2.05) is 24.3 Å². The Hall–Kier alpha value is -1.26. The molecule has 2 aromatic carbocycles. The molecule has 0 aliphatic heterocycles. The van der Waals surface area contributed by atoms with Crippen LogP contribution in [-0.2, 0) is 4.79 Å². The van der Waals surface area contributed by atoms with Crippen LogP contribution in [0.5, 0.6) is 0 Å². The topological polar surface area (TPSA) is 17.1 Å². The largest absolute Gasteiger partial charge is 0.295 e. The van der Waals surface area contributed by atoms with Gasteiger partial charge in [0.1, 0.15) is 5.82 Å². The number of allylic oxidation sites excluding steroid dienone is 2. The van der Waals surface area contributed by atoms with Crippen molar-refractivity contribution in [1.82, 2.24) is 0 Å². The molecule has 0 aromatic heterocycles. The summed E-state index contributed by atoms with van der Waals surface area (Å²) in [5, 5.41) is 0. The van der Waals surface area contributed by atoms with Crippen LogP contribution in [0.1, 0.15) is 29.9 Å². The van der Waals surface area contributed by atoms with E-state index in [2.05, 4.69) is 31.9 Å². The molecular weight excluding hydrogens is 411 g/mol. The van der Waals surface area contributed by atoms with Gasteiger partial charge in [0.15, 0.2) is 5.78 Å². The number of carbonyl (C=O) groups is 1. The molecule has 0 saturated heterocycles. The highest BCUT2D eigenvalue weighted by atomic mass is 79.9. The molecule has 3 rings (SSSR count). The van der Waals surface area contributed by atoms with E-state index in [1.54, 1.807) is 12.1 Å². The summed E-state index contributed by atoms with van der Waals surface area (Å²) >= 11 is 7.00. The van der Waals surface area contributed by atoms with Gasteiger partial charge in [0.05, 0.1) is 0 Å². The maximum absolute atomic E-state index is 13.6. The lowest BCUT2D eigenvalue weighted by atomic mass is 9.81. The molecule has 0 N–H and O–H groups in total. The Bertz CT molecular complexity index is 767. The van der Waals surface area contributed by atoms with Crippen LogP contribution in [0.15, 0.2) is 57.5 Å². The third-order valence-electron chi connectivity index (χ3n) is 3.87. The van der Waals surface area contributed by atoms with E-state index in [0.29, 0.717) is 6.42 Å². The molecule has 2 aromatic rings. The molecule has 0 spiro atoms. The molecule has 0 saturated carbocycles. The highest BCUT2D eigenvalue weighted by Crippen LogP contribution is 2.40. The average Bonchev–Trinajstić information content (AvgIpc) is 2.49. The molecule has 1 aliphatic carbocycles. The first-order chi connectivity index (χ1) is 10.5. The number of hydrogen-bond acceptors (Lipinski definition) is 1. The molecule has 22 heavy (non-hydrogen) atoms. The summed E-state index contributed by atoms with van der Waals surface area (Å²) in [7, 11) is 0. The first-order valence-electron chi connectivity index (χ1n) is 6.98. The monoisotopic (exact) mass is 422 g/mol. The van der Waals surface area contributed by atoms with Crippen molar-refractivity contribution in [3.63, 3.8) is 0 Å². The first-order valence-corrected chi connectivity index (χ1v) is 8.56. The Morgan fingerprint density at radius 1 is 1.00 bits per heavy atom.